The van der Waals surface area contributed by atoms with Crippen LogP contribution in [0.15, 0.2) is 0 Å². The van der Waals surface area contributed by atoms with Crippen molar-refractivity contribution in [3.63, 3.8) is 0 Å². The molecule has 1 unspecified atom stereocenters. The van der Waals surface area contributed by atoms with Crippen LogP contribution >= 0.6 is 0 Å². The number of carbonyl (C=O) groups is 1. The number of imidazole rings is 1. The van der Waals surface area contributed by atoms with Gasteiger partial charge < -0.3 is 20.7 Å². The van der Waals surface area contributed by atoms with Gasteiger partial charge in [0.05, 0.1) is 0 Å². The molecule has 0 aliphatic heterocycles. The minimum absolute atomic E-state index is 0.217. The zero-order valence-corrected chi connectivity index (χ0v) is 10.9. The van der Waals surface area contributed by atoms with Crippen LogP contribution in [0.4, 0.5) is 11.6 Å². The highest BCUT2D eigenvalue weighted by molar-refractivity contribution is 5.84. The number of hydrogen-bond donors (Lipinski definition) is 2. The molecule has 100 valence electrons. The topological polar surface area (TPSA) is 102 Å². The number of nitrogens with one attached hydrogen (secondary N) is 2. The number of nitro groups is 1. The Morgan fingerprint density at radius 1 is 1.61 bits per heavy atom. The Morgan fingerprint density at radius 2 is 2.22 bits per heavy atom. The lowest BCUT2D eigenvalue weighted by Crippen LogP contribution is -2.37. The second-order valence-electron chi connectivity index (χ2n) is 3.91. The average molecular weight is 255 g/mol. The number of nitrogens with zero attached hydrogens (tertiary/aromatic N) is 3. The molecule has 1 aromatic rings. The molecule has 0 radical (unpaired) electrons. The van der Waals surface area contributed by atoms with E-state index in [1.165, 1.54) is 0 Å². The molecule has 0 fully saturated rings. The highest BCUT2D eigenvalue weighted by Gasteiger charge is 2.26. The molecule has 8 nitrogen and oxygen atoms in total. The lowest BCUT2D eigenvalue weighted by atomic mass is 10.3. The molecule has 18 heavy (non-hydrogen) atoms. The van der Waals surface area contributed by atoms with Gasteiger partial charge in [-0.05, 0) is 23.8 Å². The molecule has 0 aliphatic rings. The van der Waals surface area contributed by atoms with E-state index in [-0.39, 0.29) is 17.5 Å². The fourth-order valence-corrected chi connectivity index (χ4v) is 1.48. The Hall–Kier alpha value is -2.12. The first-order valence-corrected chi connectivity index (χ1v) is 5.60. The zero-order valence-electron chi connectivity index (χ0n) is 10.9. The maximum atomic E-state index is 11.6. The summed E-state index contributed by atoms with van der Waals surface area (Å²) >= 11 is 0. The molecule has 0 aromatic carbocycles. The van der Waals surface area contributed by atoms with Crippen LogP contribution in [0.1, 0.15) is 19.7 Å². The molecule has 1 heterocycles. The summed E-state index contributed by atoms with van der Waals surface area (Å²) in [6, 6.07) is -0.571. The SMILES string of the molecule is CCNC(=O)C(C)Nc1c([N+](=O)[O-])nc(C)n1C. The normalized spacial score (nSPS) is 12.0. The number of aryl methyl sites for hydroxylation is 1. The Labute approximate surface area is 105 Å². The summed E-state index contributed by atoms with van der Waals surface area (Å²) in [6.07, 6.45) is 0. The van der Waals surface area contributed by atoms with Crippen molar-refractivity contribution in [1.29, 1.82) is 0 Å². The van der Waals surface area contributed by atoms with Gasteiger partial charge in [0.2, 0.25) is 17.5 Å². The van der Waals surface area contributed by atoms with Crippen LogP contribution in [-0.2, 0) is 11.8 Å². The number of anilines is 1. The van der Waals surface area contributed by atoms with E-state index in [0.717, 1.165) is 0 Å². The molecule has 0 spiro atoms. The second kappa shape index (κ2) is 5.48. The van der Waals surface area contributed by atoms with Crippen molar-refractivity contribution in [1.82, 2.24) is 14.9 Å². The van der Waals surface area contributed by atoms with E-state index in [0.29, 0.717) is 12.4 Å². The van der Waals surface area contributed by atoms with Gasteiger partial charge in [-0.2, -0.15) is 0 Å². The quantitative estimate of drug-likeness (QED) is 0.591. The highest BCUT2D eigenvalue weighted by Crippen LogP contribution is 2.24. The summed E-state index contributed by atoms with van der Waals surface area (Å²) in [7, 11) is 1.65. The van der Waals surface area contributed by atoms with Gasteiger partial charge >= 0.3 is 5.82 Å². The molecule has 0 saturated carbocycles. The number of rotatable bonds is 5. The summed E-state index contributed by atoms with van der Waals surface area (Å²) in [4.78, 5) is 25.7. The molecule has 0 saturated heterocycles. The lowest BCUT2D eigenvalue weighted by Gasteiger charge is -2.14. The van der Waals surface area contributed by atoms with Crippen LogP contribution < -0.4 is 10.6 Å². The van der Waals surface area contributed by atoms with Gasteiger partial charge in [-0.1, -0.05) is 0 Å². The van der Waals surface area contributed by atoms with Gasteiger partial charge in [0.1, 0.15) is 6.04 Å². The minimum Gasteiger partial charge on any atom is -0.358 e. The second-order valence-corrected chi connectivity index (χ2v) is 3.91. The van der Waals surface area contributed by atoms with Gasteiger partial charge in [-0.3, -0.25) is 9.36 Å². The van der Waals surface area contributed by atoms with Gasteiger partial charge in [-0.15, -0.1) is 0 Å². The van der Waals surface area contributed by atoms with Gasteiger partial charge in [-0.25, -0.2) is 0 Å². The van der Waals surface area contributed by atoms with Crippen molar-refractivity contribution >= 4 is 17.5 Å². The maximum Gasteiger partial charge on any atom is 0.406 e. The van der Waals surface area contributed by atoms with E-state index in [2.05, 4.69) is 15.6 Å². The number of amides is 1. The monoisotopic (exact) mass is 255 g/mol. The van der Waals surface area contributed by atoms with E-state index in [9.17, 15) is 14.9 Å². The fourth-order valence-electron chi connectivity index (χ4n) is 1.48. The largest absolute Gasteiger partial charge is 0.406 e. The van der Waals surface area contributed by atoms with Crippen molar-refractivity contribution in [2.75, 3.05) is 11.9 Å². The van der Waals surface area contributed by atoms with Crippen LogP contribution in [0.5, 0.6) is 0 Å². The third-order valence-corrected chi connectivity index (χ3v) is 2.57. The van der Waals surface area contributed by atoms with E-state index < -0.39 is 11.0 Å². The minimum atomic E-state index is -0.571. The standard InChI is InChI=1S/C10H17N5O3/c1-5-11-10(16)6(2)12-8-9(15(17)18)13-7(3)14(8)4/h6,12H,5H2,1-4H3,(H,11,16). The smallest absolute Gasteiger partial charge is 0.358 e. The molecule has 0 bridgehead atoms. The molecule has 1 rings (SSSR count). The molecule has 1 atom stereocenters. The van der Waals surface area contributed by atoms with Crippen molar-refractivity contribution in [3.8, 4) is 0 Å². The first-order chi connectivity index (χ1) is 8.38. The number of hydrogen-bond acceptors (Lipinski definition) is 5. The summed E-state index contributed by atoms with van der Waals surface area (Å²) in [6.45, 7) is 5.62. The molecule has 0 aliphatic carbocycles. The van der Waals surface area contributed by atoms with Crippen LogP contribution in [0.25, 0.3) is 0 Å². The van der Waals surface area contributed by atoms with Crippen LogP contribution in [0, 0.1) is 17.0 Å². The molecule has 8 heteroatoms. The number of likely N-dealkylation sites (N-methyl/N-ethyl adjacent to an activating group) is 1. The maximum absolute atomic E-state index is 11.6. The first kappa shape index (κ1) is 13.9. The van der Waals surface area contributed by atoms with Crippen LogP contribution in [-0.4, -0.2) is 33.0 Å². The Morgan fingerprint density at radius 3 is 2.72 bits per heavy atom. The molecule has 2 N–H and O–H groups in total. The van der Waals surface area contributed by atoms with Gasteiger partial charge in [0.25, 0.3) is 0 Å². The van der Waals surface area contributed by atoms with E-state index in [1.807, 2.05) is 0 Å². The molecular formula is C10H17N5O3. The Balaban J connectivity index is 2.96. The average Bonchev–Trinajstić information content (AvgIpc) is 2.57. The van der Waals surface area contributed by atoms with Crippen LogP contribution in [0.3, 0.4) is 0 Å². The van der Waals surface area contributed by atoms with E-state index in [1.54, 1.807) is 32.4 Å². The van der Waals surface area contributed by atoms with Gasteiger partial charge in [0.15, 0.2) is 0 Å². The first-order valence-electron chi connectivity index (χ1n) is 5.60. The highest BCUT2D eigenvalue weighted by atomic mass is 16.6. The Kier molecular flexibility index (Phi) is 4.24. The third-order valence-electron chi connectivity index (χ3n) is 2.57. The van der Waals surface area contributed by atoms with Crippen molar-refractivity contribution < 1.29 is 9.72 Å². The van der Waals surface area contributed by atoms with Gasteiger partial charge in [0, 0.05) is 20.5 Å². The molecular weight excluding hydrogens is 238 g/mol. The van der Waals surface area contributed by atoms with E-state index in [4.69, 9.17) is 0 Å². The van der Waals surface area contributed by atoms with E-state index >= 15 is 0 Å². The van der Waals surface area contributed by atoms with Crippen molar-refractivity contribution in [2.24, 2.45) is 7.05 Å². The summed E-state index contributed by atoms with van der Waals surface area (Å²) in [5.74, 6) is 0.250. The predicted molar refractivity (Wildman–Crippen MR) is 66.4 cm³/mol. The van der Waals surface area contributed by atoms with Crippen LogP contribution in [0.2, 0.25) is 0 Å². The number of carbonyl (C=O) groups excluding carboxylic acids is 1. The zero-order chi connectivity index (χ0) is 13.9. The predicted octanol–water partition coefficient (Wildman–Crippen LogP) is 0.573. The Bertz CT molecular complexity index is 468. The fraction of sp³-hybridized carbons (Fsp3) is 0.600. The summed E-state index contributed by atoms with van der Waals surface area (Å²) < 4.78 is 1.55. The van der Waals surface area contributed by atoms with Crippen molar-refractivity contribution in [2.45, 2.75) is 26.8 Å². The molecule has 1 aromatic heterocycles. The summed E-state index contributed by atoms with van der Waals surface area (Å²) in [5.41, 5.74) is 0. The lowest BCUT2D eigenvalue weighted by molar-refractivity contribution is -0.388. The summed E-state index contributed by atoms with van der Waals surface area (Å²) in [5, 5.41) is 16.3. The number of aromatic nitrogens is 2. The molecule has 1 amide bonds. The third kappa shape index (κ3) is 2.76. The van der Waals surface area contributed by atoms with Crippen molar-refractivity contribution in [3.05, 3.63) is 15.9 Å².